The van der Waals surface area contributed by atoms with E-state index in [0.717, 1.165) is 5.56 Å². The number of halogens is 4. The molecule has 0 bridgehead atoms. The standard InChI is InChI=1S/C20H12ClF3N4O/c21-12-6-7-14-13(8-12)19(11-4-2-1-3-5-11)28-16(25-14)10-17-26-15(20(22,23)24)9-18(29)27-17/h1-9H,10H2,(H,26,27,29). The van der Waals surface area contributed by atoms with Crippen LogP contribution in [0.25, 0.3) is 22.2 Å². The molecule has 1 N–H and O–H groups in total. The fourth-order valence-corrected chi connectivity index (χ4v) is 3.10. The van der Waals surface area contributed by atoms with Crippen molar-refractivity contribution < 1.29 is 13.2 Å². The molecule has 2 heterocycles. The van der Waals surface area contributed by atoms with Gasteiger partial charge in [0.25, 0.3) is 5.56 Å². The first-order valence-corrected chi connectivity index (χ1v) is 8.86. The van der Waals surface area contributed by atoms with Crippen LogP contribution in [0.1, 0.15) is 17.3 Å². The number of hydrogen-bond acceptors (Lipinski definition) is 4. The molecule has 0 saturated heterocycles. The second-order valence-electron chi connectivity index (χ2n) is 6.27. The summed E-state index contributed by atoms with van der Waals surface area (Å²) in [6, 6.07) is 14.8. The van der Waals surface area contributed by atoms with Crippen LogP contribution in [0.4, 0.5) is 13.2 Å². The molecule has 0 saturated carbocycles. The lowest BCUT2D eigenvalue weighted by Crippen LogP contribution is -2.19. The van der Waals surface area contributed by atoms with Gasteiger partial charge in [-0.05, 0) is 18.2 Å². The molecular weight excluding hydrogens is 405 g/mol. The Labute approximate surface area is 167 Å². The summed E-state index contributed by atoms with van der Waals surface area (Å²) in [5, 5.41) is 1.22. The molecule has 0 atom stereocenters. The molecule has 5 nitrogen and oxygen atoms in total. The fraction of sp³-hybridized carbons (Fsp3) is 0.100. The van der Waals surface area contributed by atoms with Gasteiger partial charge in [-0.25, -0.2) is 15.0 Å². The minimum absolute atomic E-state index is 0.169. The first-order chi connectivity index (χ1) is 13.8. The molecule has 146 valence electrons. The van der Waals surface area contributed by atoms with Gasteiger partial charge in [-0.15, -0.1) is 0 Å². The molecule has 0 unspecified atom stereocenters. The Morgan fingerprint density at radius 2 is 1.72 bits per heavy atom. The highest BCUT2D eigenvalue weighted by molar-refractivity contribution is 6.31. The van der Waals surface area contributed by atoms with Crippen molar-refractivity contribution in [3.8, 4) is 11.3 Å². The second-order valence-corrected chi connectivity index (χ2v) is 6.70. The fourth-order valence-electron chi connectivity index (χ4n) is 2.93. The Hall–Kier alpha value is -3.26. The summed E-state index contributed by atoms with van der Waals surface area (Å²) in [6.07, 6.45) is -4.89. The van der Waals surface area contributed by atoms with Crippen LogP contribution in [0.2, 0.25) is 5.02 Å². The maximum absolute atomic E-state index is 13.0. The van der Waals surface area contributed by atoms with E-state index in [-0.39, 0.29) is 18.1 Å². The lowest BCUT2D eigenvalue weighted by molar-refractivity contribution is -0.141. The van der Waals surface area contributed by atoms with Crippen LogP contribution < -0.4 is 5.56 Å². The highest BCUT2D eigenvalue weighted by Gasteiger charge is 2.33. The lowest BCUT2D eigenvalue weighted by Gasteiger charge is -2.10. The Bertz CT molecular complexity index is 1260. The summed E-state index contributed by atoms with van der Waals surface area (Å²) in [5.74, 6) is 0.0540. The van der Waals surface area contributed by atoms with E-state index >= 15 is 0 Å². The van der Waals surface area contributed by atoms with Crippen LogP contribution in [0.15, 0.2) is 59.4 Å². The van der Waals surface area contributed by atoms with Crippen molar-refractivity contribution in [2.45, 2.75) is 12.6 Å². The van der Waals surface area contributed by atoms with Crippen LogP contribution in [0.3, 0.4) is 0 Å². The molecule has 0 amide bonds. The van der Waals surface area contributed by atoms with Crippen LogP contribution in [-0.2, 0) is 12.6 Å². The molecule has 0 aliphatic carbocycles. The summed E-state index contributed by atoms with van der Waals surface area (Å²) in [4.78, 5) is 26.4. The Kier molecular flexibility index (Phi) is 4.79. The summed E-state index contributed by atoms with van der Waals surface area (Å²) < 4.78 is 38.9. The molecule has 0 radical (unpaired) electrons. The number of nitrogens with zero attached hydrogens (tertiary/aromatic N) is 3. The lowest BCUT2D eigenvalue weighted by atomic mass is 10.1. The number of alkyl halides is 3. The molecule has 0 aliphatic rings. The third-order valence-electron chi connectivity index (χ3n) is 4.16. The number of fused-ring (bicyclic) bond motifs is 1. The quantitative estimate of drug-likeness (QED) is 0.528. The third-order valence-corrected chi connectivity index (χ3v) is 4.39. The summed E-state index contributed by atoms with van der Waals surface area (Å²) >= 11 is 6.11. The van der Waals surface area contributed by atoms with E-state index < -0.39 is 17.4 Å². The van der Waals surface area contributed by atoms with Crippen molar-refractivity contribution in [1.82, 2.24) is 19.9 Å². The van der Waals surface area contributed by atoms with E-state index in [9.17, 15) is 18.0 Å². The van der Waals surface area contributed by atoms with Crippen molar-refractivity contribution in [3.05, 3.63) is 87.3 Å². The zero-order valence-corrected chi connectivity index (χ0v) is 15.4. The van der Waals surface area contributed by atoms with Crippen LogP contribution in [0.5, 0.6) is 0 Å². The summed E-state index contributed by atoms with van der Waals surface area (Å²) in [6.45, 7) is 0. The highest BCUT2D eigenvalue weighted by atomic mass is 35.5. The Morgan fingerprint density at radius 1 is 0.966 bits per heavy atom. The molecule has 0 spiro atoms. The average molecular weight is 417 g/mol. The van der Waals surface area contributed by atoms with Crippen LogP contribution >= 0.6 is 11.6 Å². The van der Waals surface area contributed by atoms with Gasteiger partial charge < -0.3 is 4.98 Å². The zero-order chi connectivity index (χ0) is 20.6. The molecule has 2 aromatic carbocycles. The van der Waals surface area contributed by atoms with Gasteiger partial charge in [-0.2, -0.15) is 13.2 Å². The maximum Gasteiger partial charge on any atom is 0.433 e. The smallest absolute Gasteiger partial charge is 0.310 e. The van der Waals surface area contributed by atoms with Crippen molar-refractivity contribution >= 4 is 22.5 Å². The van der Waals surface area contributed by atoms with Crippen LogP contribution in [-0.4, -0.2) is 19.9 Å². The van der Waals surface area contributed by atoms with Crippen molar-refractivity contribution in [3.63, 3.8) is 0 Å². The predicted molar refractivity (Wildman–Crippen MR) is 103 cm³/mol. The van der Waals surface area contributed by atoms with Crippen LogP contribution in [0, 0.1) is 0 Å². The molecule has 0 aliphatic heterocycles. The van der Waals surface area contributed by atoms with Gasteiger partial charge in [0.05, 0.1) is 17.6 Å². The number of rotatable bonds is 3. The average Bonchev–Trinajstić information content (AvgIpc) is 2.67. The first-order valence-electron chi connectivity index (χ1n) is 8.48. The number of hydrogen-bond donors (Lipinski definition) is 1. The largest absolute Gasteiger partial charge is 0.433 e. The Balaban J connectivity index is 1.85. The van der Waals surface area contributed by atoms with E-state index in [2.05, 4.69) is 19.9 Å². The van der Waals surface area contributed by atoms with Gasteiger partial charge in [-0.3, -0.25) is 4.79 Å². The topological polar surface area (TPSA) is 71.5 Å². The number of nitrogens with one attached hydrogen (secondary N) is 1. The number of aromatic amines is 1. The minimum atomic E-state index is -4.72. The first kappa shape index (κ1) is 19.1. The number of benzene rings is 2. The van der Waals surface area contributed by atoms with Crippen molar-refractivity contribution in [2.24, 2.45) is 0 Å². The molecule has 9 heteroatoms. The SMILES string of the molecule is O=c1cc(C(F)(F)F)nc(Cc2nc(-c3ccccc3)c3cc(Cl)ccc3n2)[nH]1. The Morgan fingerprint density at radius 3 is 2.45 bits per heavy atom. The molecule has 29 heavy (non-hydrogen) atoms. The summed E-state index contributed by atoms with van der Waals surface area (Å²) in [5.41, 5.74) is -0.186. The zero-order valence-electron chi connectivity index (χ0n) is 14.7. The number of H-pyrrole nitrogens is 1. The maximum atomic E-state index is 13.0. The number of aromatic nitrogens is 4. The molecular formula is C20H12ClF3N4O. The van der Waals surface area contributed by atoms with Gasteiger partial charge in [0, 0.05) is 22.0 Å². The van der Waals surface area contributed by atoms with E-state index in [0.29, 0.717) is 27.7 Å². The highest BCUT2D eigenvalue weighted by Crippen LogP contribution is 2.29. The minimum Gasteiger partial charge on any atom is -0.310 e. The van der Waals surface area contributed by atoms with Crippen molar-refractivity contribution in [1.29, 1.82) is 0 Å². The van der Waals surface area contributed by atoms with E-state index in [4.69, 9.17) is 11.6 Å². The predicted octanol–water partition coefficient (Wildman–Crippen LogP) is 4.64. The van der Waals surface area contributed by atoms with E-state index in [1.54, 1.807) is 18.2 Å². The summed E-state index contributed by atoms with van der Waals surface area (Å²) in [7, 11) is 0. The third kappa shape index (κ3) is 4.12. The molecule has 4 rings (SSSR count). The monoisotopic (exact) mass is 416 g/mol. The van der Waals surface area contributed by atoms with Gasteiger partial charge in [0.1, 0.15) is 11.6 Å². The van der Waals surface area contributed by atoms with Gasteiger partial charge >= 0.3 is 6.18 Å². The molecule has 2 aromatic heterocycles. The van der Waals surface area contributed by atoms with E-state index in [1.807, 2.05) is 30.3 Å². The second kappa shape index (κ2) is 7.29. The van der Waals surface area contributed by atoms with Gasteiger partial charge in [0.15, 0.2) is 5.69 Å². The molecule has 4 aromatic rings. The van der Waals surface area contributed by atoms with Gasteiger partial charge in [0.2, 0.25) is 0 Å². The van der Waals surface area contributed by atoms with Crippen molar-refractivity contribution in [2.75, 3.05) is 0 Å². The van der Waals surface area contributed by atoms with E-state index in [1.165, 1.54) is 0 Å². The van der Waals surface area contributed by atoms with Gasteiger partial charge in [-0.1, -0.05) is 41.9 Å². The molecule has 0 fully saturated rings. The normalized spacial score (nSPS) is 11.7.